The number of nitrogens with one attached hydrogen (secondary N) is 1. The quantitative estimate of drug-likeness (QED) is 0.710. The van der Waals surface area contributed by atoms with Gasteiger partial charge >= 0.3 is 0 Å². The summed E-state index contributed by atoms with van der Waals surface area (Å²) in [7, 11) is 1.81. The smallest absolute Gasteiger partial charge is 0.123 e. The van der Waals surface area contributed by atoms with Crippen molar-refractivity contribution in [1.82, 2.24) is 0 Å². The van der Waals surface area contributed by atoms with Gasteiger partial charge in [-0.1, -0.05) is 6.58 Å². The molecule has 1 nitrogen and oxygen atoms in total. The summed E-state index contributed by atoms with van der Waals surface area (Å²) in [6, 6.07) is 4.62. The average Bonchev–Trinajstić information content (AvgIpc) is 2.04. The molecule has 12 heavy (non-hydrogen) atoms. The Labute approximate surface area is 71.9 Å². The number of hydrogen-bond acceptors (Lipinski definition) is 1. The Morgan fingerprint density at radius 3 is 2.67 bits per heavy atom. The summed E-state index contributed by atoms with van der Waals surface area (Å²) in [5.41, 5.74) is 2.60. The maximum atomic E-state index is 12.8. The topological polar surface area (TPSA) is 12.0 Å². The van der Waals surface area contributed by atoms with E-state index in [0.29, 0.717) is 0 Å². The van der Waals surface area contributed by atoms with E-state index in [1.807, 2.05) is 6.92 Å². The molecule has 0 saturated carbocycles. The van der Waals surface area contributed by atoms with Crippen molar-refractivity contribution in [1.29, 1.82) is 0 Å². The third-order valence-electron chi connectivity index (χ3n) is 1.71. The van der Waals surface area contributed by atoms with Crippen LogP contribution in [0, 0.1) is 5.82 Å². The van der Waals surface area contributed by atoms with E-state index < -0.39 is 0 Å². The van der Waals surface area contributed by atoms with Gasteiger partial charge in [0.25, 0.3) is 0 Å². The standard InChI is InChI=1S/C10H12FN/c1-7(2)9-6-8(11)4-5-10(9)12-3/h4-6,12H,1H2,2-3H3. The number of benzene rings is 1. The van der Waals surface area contributed by atoms with Gasteiger partial charge in [0, 0.05) is 18.3 Å². The molecule has 0 spiro atoms. The molecule has 0 fully saturated rings. The highest BCUT2D eigenvalue weighted by Crippen LogP contribution is 2.22. The Morgan fingerprint density at radius 2 is 2.17 bits per heavy atom. The van der Waals surface area contributed by atoms with Crippen LogP contribution in [0.4, 0.5) is 10.1 Å². The molecule has 0 aromatic heterocycles. The fourth-order valence-electron chi connectivity index (χ4n) is 1.09. The van der Waals surface area contributed by atoms with Crippen molar-refractivity contribution in [2.24, 2.45) is 0 Å². The maximum absolute atomic E-state index is 12.8. The highest BCUT2D eigenvalue weighted by molar-refractivity contribution is 5.73. The van der Waals surface area contributed by atoms with Crippen LogP contribution >= 0.6 is 0 Å². The Bertz CT molecular complexity index is 305. The van der Waals surface area contributed by atoms with Crippen LogP contribution < -0.4 is 5.32 Å². The van der Waals surface area contributed by atoms with Gasteiger partial charge in [0.1, 0.15) is 5.82 Å². The molecule has 0 bridgehead atoms. The zero-order valence-electron chi connectivity index (χ0n) is 7.32. The molecular weight excluding hydrogens is 153 g/mol. The van der Waals surface area contributed by atoms with Crippen molar-refractivity contribution in [3.8, 4) is 0 Å². The summed E-state index contributed by atoms with van der Waals surface area (Å²) in [6.07, 6.45) is 0. The van der Waals surface area contributed by atoms with Crippen LogP contribution in [0.15, 0.2) is 24.8 Å². The predicted octanol–water partition coefficient (Wildman–Crippen LogP) is 2.90. The molecule has 1 rings (SSSR count). The molecule has 0 aliphatic rings. The minimum Gasteiger partial charge on any atom is -0.388 e. The first-order valence-electron chi connectivity index (χ1n) is 3.78. The van der Waals surface area contributed by atoms with Gasteiger partial charge in [-0.3, -0.25) is 0 Å². The Balaban J connectivity index is 3.21. The van der Waals surface area contributed by atoms with Crippen molar-refractivity contribution >= 4 is 11.3 Å². The minimum atomic E-state index is -0.230. The van der Waals surface area contributed by atoms with Crippen LogP contribution in [0.1, 0.15) is 12.5 Å². The lowest BCUT2D eigenvalue weighted by atomic mass is 10.1. The minimum absolute atomic E-state index is 0.230. The van der Waals surface area contributed by atoms with Crippen molar-refractivity contribution < 1.29 is 4.39 Å². The average molecular weight is 165 g/mol. The van der Waals surface area contributed by atoms with Crippen molar-refractivity contribution in [3.63, 3.8) is 0 Å². The SMILES string of the molecule is C=C(C)c1cc(F)ccc1NC. The van der Waals surface area contributed by atoms with Crippen LogP contribution in [-0.2, 0) is 0 Å². The molecule has 1 N–H and O–H groups in total. The molecule has 0 unspecified atom stereocenters. The van der Waals surface area contributed by atoms with E-state index in [9.17, 15) is 4.39 Å². The Hall–Kier alpha value is -1.31. The van der Waals surface area contributed by atoms with Gasteiger partial charge in [0.05, 0.1) is 0 Å². The molecule has 1 aromatic rings. The molecule has 0 aliphatic heterocycles. The Morgan fingerprint density at radius 1 is 1.50 bits per heavy atom. The molecule has 0 saturated heterocycles. The van der Waals surface area contributed by atoms with Crippen LogP contribution in [0.5, 0.6) is 0 Å². The van der Waals surface area contributed by atoms with Crippen LogP contribution in [-0.4, -0.2) is 7.05 Å². The van der Waals surface area contributed by atoms with Crippen LogP contribution in [0.2, 0.25) is 0 Å². The van der Waals surface area contributed by atoms with Crippen molar-refractivity contribution in [2.45, 2.75) is 6.92 Å². The maximum Gasteiger partial charge on any atom is 0.123 e. The first kappa shape index (κ1) is 8.78. The summed E-state index contributed by atoms with van der Waals surface area (Å²) < 4.78 is 12.8. The fraction of sp³-hybridized carbons (Fsp3) is 0.200. The van der Waals surface area contributed by atoms with Crippen molar-refractivity contribution in [3.05, 3.63) is 36.2 Å². The number of hydrogen-bond donors (Lipinski definition) is 1. The number of allylic oxidation sites excluding steroid dienone is 1. The second-order valence-corrected chi connectivity index (χ2v) is 2.72. The highest BCUT2D eigenvalue weighted by Gasteiger charge is 2.02. The zero-order chi connectivity index (χ0) is 9.14. The van der Waals surface area contributed by atoms with E-state index >= 15 is 0 Å². The molecule has 0 atom stereocenters. The zero-order valence-corrected chi connectivity index (χ0v) is 7.32. The third kappa shape index (κ3) is 1.64. The second kappa shape index (κ2) is 3.39. The first-order valence-corrected chi connectivity index (χ1v) is 3.78. The van der Waals surface area contributed by atoms with Gasteiger partial charge in [-0.25, -0.2) is 4.39 Å². The largest absolute Gasteiger partial charge is 0.388 e. The molecule has 1 aromatic carbocycles. The summed E-state index contributed by atoms with van der Waals surface area (Å²) in [4.78, 5) is 0. The molecule has 0 amide bonds. The van der Waals surface area contributed by atoms with Crippen LogP contribution in [0.25, 0.3) is 5.57 Å². The lowest BCUT2D eigenvalue weighted by molar-refractivity contribution is 0.627. The van der Waals surface area contributed by atoms with Crippen LogP contribution in [0.3, 0.4) is 0 Å². The van der Waals surface area contributed by atoms with Gasteiger partial charge in [0.2, 0.25) is 0 Å². The van der Waals surface area contributed by atoms with E-state index in [4.69, 9.17) is 0 Å². The lowest BCUT2D eigenvalue weighted by Gasteiger charge is -2.07. The number of anilines is 1. The predicted molar refractivity (Wildman–Crippen MR) is 50.7 cm³/mol. The third-order valence-corrected chi connectivity index (χ3v) is 1.71. The fourth-order valence-corrected chi connectivity index (χ4v) is 1.09. The summed E-state index contributed by atoms with van der Waals surface area (Å²) >= 11 is 0. The first-order chi connectivity index (χ1) is 5.65. The molecule has 0 aliphatic carbocycles. The van der Waals surface area contributed by atoms with Gasteiger partial charge in [-0.15, -0.1) is 0 Å². The van der Waals surface area contributed by atoms with Gasteiger partial charge in [-0.2, -0.15) is 0 Å². The summed E-state index contributed by atoms with van der Waals surface area (Å²) in [6.45, 7) is 5.63. The Kier molecular flexibility index (Phi) is 2.48. The highest BCUT2D eigenvalue weighted by atomic mass is 19.1. The van der Waals surface area contributed by atoms with Gasteiger partial charge in [0.15, 0.2) is 0 Å². The molecular formula is C10H12FN. The lowest BCUT2D eigenvalue weighted by Crippen LogP contribution is -1.93. The van der Waals surface area contributed by atoms with E-state index in [1.54, 1.807) is 13.1 Å². The molecule has 0 heterocycles. The van der Waals surface area contributed by atoms with Crippen molar-refractivity contribution in [2.75, 3.05) is 12.4 Å². The number of halogens is 1. The van der Waals surface area contributed by atoms with E-state index in [-0.39, 0.29) is 5.82 Å². The molecule has 64 valence electrons. The molecule has 2 heteroatoms. The van der Waals surface area contributed by atoms with Gasteiger partial charge < -0.3 is 5.32 Å². The van der Waals surface area contributed by atoms with E-state index in [2.05, 4.69) is 11.9 Å². The van der Waals surface area contributed by atoms with Gasteiger partial charge in [-0.05, 0) is 30.7 Å². The van der Waals surface area contributed by atoms with E-state index in [0.717, 1.165) is 16.8 Å². The monoisotopic (exact) mass is 165 g/mol. The second-order valence-electron chi connectivity index (χ2n) is 2.72. The summed E-state index contributed by atoms with van der Waals surface area (Å²) in [5, 5.41) is 2.98. The summed E-state index contributed by atoms with van der Waals surface area (Å²) in [5.74, 6) is -0.230. The normalized spacial score (nSPS) is 9.58. The van der Waals surface area contributed by atoms with E-state index in [1.165, 1.54) is 12.1 Å². The number of rotatable bonds is 2. The molecule has 0 radical (unpaired) electrons.